The Hall–Kier alpha value is -2.50. The van der Waals surface area contributed by atoms with Crippen molar-refractivity contribution in [3.05, 3.63) is 42.0 Å². The van der Waals surface area contributed by atoms with Gasteiger partial charge in [0, 0.05) is 24.7 Å². The predicted octanol–water partition coefficient (Wildman–Crippen LogP) is 2.05. The van der Waals surface area contributed by atoms with E-state index in [9.17, 15) is 14.7 Å². The highest BCUT2D eigenvalue weighted by atomic mass is 16.7. The lowest BCUT2D eigenvalue weighted by Gasteiger charge is -2.15. The number of aliphatic carboxylic acids is 2. The summed E-state index contributed by atoms with van der Waals surface area (Å²) in [6.07, 6.45) is 0.810. The zero-order valence-corrected chi connectivity index (χ0v) is 19.7. The summed E-state index contributed by atoms with van der Waals surface area (Å²) in [6.45, 7) is 10.7. The summed E-state index contributed by atoms with van der Waals surface area (Å²) in [5, 5.41) is 28.6. The minimum absolute atomic E-state index is 0.220. The van der Waals surface area contributed by atoms with Crippen LogP contribution in [-0.2, 0) is 30.4 Å². The molecule has 0 heterocycles. The van der Waals surface area contributed by atoms with Gasteiger partial charge in [0.25, 0.3) is 0 Å². The Labute approximate surface area is 195 Å². The van der Waals surface area contributed by atoms with Crippen LogP contribution in [0, 0.1) is 0 Å². The summed E-state index contributed by atoms with van der Waals surface area (Å²) in [7, 11) is 0. The van der Waals surface area contributed by atoms with Crippen molar-refractivity contribution >= 4 is 11.9 Å². The molecule has 0 aliphatic rings. The monoisotopic (exact) mass is 471 g/mol. The number of nitrogens with one attached hydrogen (secondary N) is 1. The van der Waals surface area contributed by atoms with Crippen molar-refractivity contribution in [2.24, 2.45) is 0 Å². The predicted molar refractivity (Wildman–Crippen MR) is 122 cm³/mol. The van der Waals surface area contributed by atoms with Crippen LogP contribution in [0.25, 0.3) is 0 Å². The molecule has 1 rings (SSSR count). The lowest BCUT2D eigenvalue weighted by atomic mass is 10.2. The topological polar surface area (TPSA) is 144 Å². The molecule has 33 heavy (non-hydrogen) atoms. The number of rotatable bonds is 16. The first-order valence-electron chi connectivity index (χ1n) is 10.6. The number of carboxylic acid groups (broad SMARTS) is 2. The van der Waals surface area contributed by atoms with Crippen molar-refractivity contribution in [1.82, 2.24) is 5.32 Å². The van der Waals surface area contributed by atoms with E-state index in [1.165, 1.54) is 0 Å². The van der Waals surface area contributed by atoms with E-state index in [-0.39, 0.29) is 19.5 Å². The Bertz CT molecular complexity index is 659. The van der Waals surface area contributed by atoms with Crippen LogP contribution in [0.3, 0.4) is 0 Å². The van der Waals surface area contributed by atoms with Crippen LogP contribution in [0.2, 0.25) is 0 Å². The first-order valence-corrected chi connectivity index (χ1v) is 10.6. The molecule has 10 heteroatoms. The minimum Gasteiger partial charge on any atom is -0.491 e. The van der Waals surface area contributed by atoms with Crippen molar-refractivity contribution in [1.29, 1.82) is 0 Å². The van der Waals surface area contributed by atoms with E-state index in [0.717, 1.165) is 11.3 Å². The second-order valence-electron chi connectivity index (χ2n) is 7.48. The van der Waals surface area contributed by atoms with E-state index in [0.29, 0.717) is 44.6 Å². The summed E-state index contributed by atoms with van der Waals surface area (Å²) in [5.41, 5.74) is 1.04. The number of ether oxygens (including phenoxy) is 4. The summed E-state index contributed by atoms with van der Waals surface area (Å²) < 4.78 is 21.7. The molecule has 1 unspecified atom stereocenters. The normalized spacial score (nSPS) is 12.0. The van der Waals surface area contributed by atoms with Crippen LogP contribution in [0.5, 0.6) is 5.75 Å². The van der Waals surface area contributed by atoms with Gasteiger partial charge in [-0.3, -0.25) is 0 Å². The molecule has 1 aromatic carbocycles. The molecule has 0 fully saturated rings. The van der Waals surface area contributed by atoms with Crippen molar-refractivity contribution in [3.63, 3.8) is 0 Å². The SMILES string of the molecule is CC(C)NCC(O)COc1ccc(COCOCCOC(C)C)cc1.O=C(O)/C=C/C(=O)O. The molecule has 0 saturated heterocycles. The van der Waals surface area contributed by atoms with E-state index in [1.807, 2.05) is 52.0 Å². The second-order valence-corrected chi connectivity index (χ2v) is 7.48. The molecular weight excluding hydrogens is 434 g/mol. The fourth-order valence-electron chi connectivity index (χ4n) is 2.07. The highest BCUT2D eigenvalue weighted by molar-refractivity contribution is 5.89. The molecule has 10 nitrogen and oxygen atoms in total. The van der Waals surface area contributed by atoms with E-state index < -0.39 is 18.0 Å². The van der Waals surface area contributed by atoms with Gasteiger partial charge in [0.1, 0.15) is 25.3 Å². The summed E-state index contributed by atoms with van der Waals surface area (Å²) in [5.74, 6) is -1.78. The third-order valence-electron chi connectivity index (χ3n) is 3.61. The van der Waals surface area contributed by atoms with Crippen molar-refractivity contribution in [2.75, 3.05) is 33.2 Å². The van der Waals surface area contributed by atoms with Gasteiger partial charge in [-0.05, 0) is 31.5 Å². The maximum atomic E-state index is 9.82. The number of hydrogen-bond acceptors (Lipinski definition) is 8. The average Bonchev–Trinajstić information content (AvgIpc) is 2.75. The zero-order valence-electron chi connectivity index (χ0n) is 19.7. The van der Waals surface area contributed by atoms with Gasteiger partial charge in [-0.2, -0.15) is 0 Å². The number of aliphatic hydroxyl groups excluding tert-OH is 1. The molecule has 0 bridgehead atoms. The van der Waals surface area contributed by atoms with Crippen LogP contribution in [-0.4, -0.2) is 78.7 Å². The average molecular weight is 472 g/mol. The van der Waals surface area contributed by atoms with E-state index in [4.69, 9.17) is 29.2 Å². The molecule has 0 aliphatic carbocycles. The van der Waals surface area contributed by atoms with Crippen LogP contribution < -0.4 is 10.1 Å². The van der Waals surface area contributed by atoms with Gasteiger partial charge in [-0.25, -0.2) is 9.59 Å². The molecule has 4 N–H and O–H groups in total. The molecule has 1 atom stereocenters. The zero-order chi connectivity index (χ0) is 25.1. The molecule has 188 valence electrons. The number of aliphatic hydroxyl groups is 1. The Balaban J connectivity index is 0.00000109. The van der Waals surface area contributed by atoms with Crippen LogP contribution in [0.15, 0.2) is 36.4 Å². The van der Waals surface area contributed by atoms with Crippen LogP contribution >= 0.6 is 0 Å². The fraction of sp³-hybridized carbons (Fsp3) is 0.565. The van der Waals surface area contributed by atoms with Gasteiger partial charge in [0.05, 0.1) is 25.9 Å². The smallest absolute Gasteiger partial charge is 0.328 e. The van der Waals surface area contributed by atoms with Gasteiger partial charge >= 0.3 is 11.9 Å². The van der Waals surface area contributed by atoms with Gasteiger partial charge in [-0.15, -0.1) is 0 Å². The van der Waals surface area contributed by atoms with Crippen LogP contribution in [0.1, 0.15) is 33.3 Å². The number of benzene rings is 1. The molecule has 0 aliphatic heterocycles. The maximum absolute atomic E-state index is 9.82. The number of hydrogen-bond donors (Lipinski definition) is 4. The van der Waals surface area contributed by atoms with Crippen molar-refractivity contribution in [2.45, 2.75) is 52.6 Å². The van der Waals surface area contributed by atoms with Crippen LogP contribution in [0.4, 0.5) is 0 Å². The third-order valence-corrected chi connectivity index (χ3v) is 3.61. The first kappa shape index (κ1) is 30.5. The summed E-state index contributed by atoms with van der Waals surface area (Å²) >= 11 is 0. The first-order chi connectivity index (χ1) is 15.6. The van der Waals surface area contributed by atoms with Gasteiger partial charge < -0.3 is 39.6 Å². The lowest BCUT2D eigenvalue weighted by molar-refractivity contribution is -0.134. The standard InChI is InChI=1S/C19H33NO5.C4H4O4/c1-15(2)20-11-18(21)13-25-19-7-5-17(6-8-19)12-23-14-22-9-10-24-16(3)4;5-3(6)1-2-4(7)8/h5-8,15-16,18,20-21H,9-14H2,1-4H3;1-2H,(H,5,6)(H,7,8)/b;2-1+. The molecule has 0 aromatic heterocycles. The minimum atomic E-state index is -1.26. The Kier molecular flexibility index (Phi) is 17.6. The lowest BCUT2D eigenvalue weighted by Crippen LogP contribution is -2.35. The number of carboxylic acids is 2. The Morgan fingerprint density at radius 1 is 0.970 bits per heavy atom. The van der Waals surface area contributed by atoms with Gasteiger partial charge in [0.2, 0.25) is 0 Å². The quantitative estimate of drug-likeness (QED) is 0.161. The summed E-state index contributed by atoms with van der Waals surface area (Å²) in [4.78, 5) is 19.1. The van der Waals surface area contributed by atoms with E-state index >= 15 is 0 Å². The van der Waals surface area contributed by atoms with Gasteiger partial charge in [-0.1, -0.05) is 26.0 Å². The van der Waals surface area contributed by atoms with E-state index in [1.54, 1.807) is 0 Å². The highest BCUT2D eigenvalue weighted by Gasteiger charge is 2.06. The van der Waals surface area contributed by atoms with Crippen molar-refractivity contribution < 1.29 is 43.9 Å². The number of carbonyl (C=O) groups is 2. The highest BCUT2D eigenvalue weighted by Crippen LogP contribution is 2.13. The van der Waals surface area contributed by atoms with Gasteiger partial charge in [0.15, 0.2) is 0 Å². The molecular formula is C23H37NO9. The van der Waals surface area contributed by atoms with E-state index in [2.05, 4.69) is 5.32 Å². The largest absolute Gasteiger partial charge is 0.491 e. The Morgan fingerprint density at radius 3 is 2.09 bits per heavy atom. The maximum Gasteiger partial charge on any atom is 0.328 e. The second kappa shape index (κ2) is 19.0. The fourth-order valence-corrected chi connectivity index (χ4v) is 2.07. The molecule has 1 aromatic rings. The molecule has 0 radical (unpaired) electrons. The summed E-state index contributed by atoms with van der Waals surface area (Å²) in [6, 6.07) is 7.98. The molecule has 0 amide bonds. The van der Waals surface area contributed by atoms with Crippen molar-refractivity contribution in [3.8, 4) is 5.75 Å². The molecule has 0 saturated carbocycles. The third kappa shape index (κ3) is 21.1. The Morgan fingerprint density at radius 2 is 1.58 bits per heavy atom. The molecule has 0 spiro atoms.